The highest BCUT2D eigenvalue weighted by molar-refractivity contribution is 6.33. The van der Waals surface area contributed by atoms with Gasteiger partial charge >= 0.3 is 6.03 Å². The molecule has 26 heavy (non-hydrogen) atoms. The third-order valence-electron chi connectivity index (χ3n) is 3.75. The van der Waals surface area contributed by atoms with E-state index in [0.717, 1.165) is 4.68 Å². The molecule has 0 spiro atoms. The van der Waals surface area contributed by atoms with Crippen LogP contribution in [0.15, 0.2) is 48.5 Å². The standard InChI is InChI=1S/C18H13ClFN5O/c1-3-24(12-8-5-4-6-9-12)18(26)25-17(21-2)16(22-23-25)15-13(19)10-7-11-14(15)20/h4-11H,3H2,1H3. The molecular formula is C18H13ClFN5O. The lowest BCUT2D eigenvalue weighted by atomic mass is 10.1. The van der Waals surface area contributed by atoms with Gasteiger partial charge < -0.3 is 4.85 Å². The zero-order valence-electron chi connectivity index (χ0n) is 13.7. The molecule has 6 nitrogen and oxygen atoms in total. The summed E-state index contributed by atoms with van der Waals surface area (Å²) in [6.45, 7) is 9.57. The molecule has 0 atom stereocenters. The highest BCUT2D eigenvalue weighted by Crippen LogP contribution is 2.35. The molecule has 8 heteroatoms. The summed E-state index contributed by atoms with van der Waals surface area (Å²) in [4.78, 5) is 17.7. The molecule has 130 valence electrons. The van der Waals surface area contributed by atoms with Crippen molar-refractivity contribution in [3.8, 4) is 11.3 Å². The van der Waals surface area contributed by atoms with Crippen molar-refractivity contribution in [3.05, 3.63) is 70.8 Å². The van der Waals surface area contributed by atoms with Gasteiger partial charge in [-0.15, -0.1) is 5.10 Å². The van der Waals surface area contributed by atoms with Crippen molar-refractivity contribution < 1.29 is 9.18 Å². The van der Waals surface area contributed by atoms with E-state index in [0.29, 0.717) is 12.2 Å². The summed E-state index contributed by atoms with van der Waals surface area (Å²) in [6, 6.07) is 12.5. The van der Waals surface area contributed by atoms with Crippen molar-refractivity contribution in [2.45, 2.75) is 6.92 Å². The molecule has 0 saturated heterocycles. The summed E-state index contributed by atoms with van der Waals surface area (Å²) in [6.07, 6.45) is 0. The maximum atomic E-state index is 14.2. The monoisotopic (exact) mass is 369 g/mol. The topological polar surface area (TPSA) is 55.4 Å². The normalized spacial score (nSPS) is 10.4. The molecule has 0 unspecified atom stereocenters. The van der Waals surface area contributed by atoms with E-state index in [1.54, 1.807) is 31.2 Å². The van der Waals surface area contributed by atoms with Gasteiger partial charge in [-0.3, -0.25) is 4.90 Å². The van der Waals surface area contributed by atoms with Gasteiger partial charge in [0.05, 0.1) is 5.02 Å². The zero-order valence-corrected chi connectivity index (χ0v) is 14.5. The van der Waals surface area contributed by atoms with Crippen molar-refractivity contribution in [1.29, 1.82) is 0 Å². The summed E-state index contributed by atoms with van der Waals surface area (Å²) >= 11 is 6.05. The maximum absolute atomic E-state index is 14.2. The molecule has 1 amide bonds. The van der Waals surface area contributed by atoms with Crippen LogP contribution in [0.4, 0.5) is 20.7 Å². The molecule has 1 aromatic heterocycles. The van der Waals surface area contributed by atoms with Crippen LogP contribution >= 0.6 is 11.6 Å². The summed E-state index contributed by atoms with van der Waals surface area (Å²) < 4.78 is 15.1. The van der Waals surface area contributed by atoms with Gasteiger partial charge in [-0.25, -0.2) is 9.18 Å². The Labute approximate surface area is 154 Å². The van der Waals surface area contributed by atoms with E-state index in [1.807, 2.05) is 6.07 Å². The summed E-state index contributed by atoms with van der Waals surface area (Å²) in [5.74, 6) is -0.839. The number of aromatic nitrogens is 3. The van der Waals surface area contributed by atoms with Crippen LogP contribution in [0, 0.1) is 12.4 Å². The van der Waals surface area contributed by atoms with Crippen LogP contribution in [-0.2, 0) is 0 Å². The van der Waals surface area contributed by atoms with Crippen molar-refractivity contribution >= 4 is 29.1 Å². The Hall–Kier alpha value is -3.24. The van der Waals surface area contributed by atoms with Gasteiger partial charge in [-0.1, -0.05) is 47.1 Å². The minimum Gasteiger partial charge on any atom is -0.360 e. The molecule has 0 bridgehead atoms. The molecule has 0 aliphatic heterocycles. The second-order valence-electron chi connectivity index (χ2n) is 5.24. The Bertz CT molecular complexity index is 976. The molecule has 0 fully saturated rings. The number of carbonyl (C=O) groups is 1. The zero-order chi connectivity index (χ0) is 18.7. The molecule has 3 rings (SSSR count). The van der Waals surface area contributed by atoms with Gasteiger partial charge in [0.2, 0.25) is 0 Å². The molecule has 0 N–H and O–H groups in total. The van der Waals surface area contributed by atoms with Crippen molar-refractivity contribution in [3.63, 3.8) is 0 Å². The predicted molar refractivity (Wildman–Crippen MR) is 96.9 cm³/mol. The number of hydrogen-bond acceptors (Lipinski definition) is 3. The summed E-state index contributed by atoms with van der Waals surface area (Å²) in [5, 5.41) is 7.70. The van der Waals surface area contributed by atoms with Gasteiger partial charge in [-0.2, -0.15) is 0 Å². The first-order chi connectivity index (χ1) is 12.6. The number of para-hydroxylation sites is 1. The lowest BCUT2D eigenvalue weighted by molar-refractivity contribution is 0.245. The molecule has 1 heterocycles. The lowest BCUT2D eigenvalue weighted by Crippen LogP contribution is -2.35. The fraction of sp³-hybridized carbons (Fsp3) is 0.111. The van der Waals surface area contributed by atoms with Crippen LogP contribution in [-0.4, -0.2) is 27.6 Å². The Balaban J connectivity index is 2.09. The average Bonchev–Trinajstić information content (AvgIpc) is 3.06. The third-order valence-corrected chi connectivity index (χ3v) is 4.06. The van der Waals surface area contributed by atoms with Gasteiger partial charge in [0.15, 0.2) is 0 Å². The van der Waals surface area contributed by atoms with Gasteiger partial charge in [0, 0.05) is 23.0 Å². The van der Waals surface area contributed by atoms with Gasteiger partial charge in [0.25, 0.3) is 5.82 Å². The second kappa shape index (κ2) is 7.33. The summed E-state index contributed by atoms with van der Waals surface area (Å²) in [5.41, 5.74) is 0.527. The quantitative estimate of drug-likeness (QED) is 0.624. The molecule has 0 aliphatic carbocycles. The summed E-state index contributed by atoms with van der Waals surface area (Å²) in [7, 11) is 0. The van der Waals surface area contributed by atoms with Crippen LogP contribution in [0.2, 0.25) is 5.02 Å². The highest BCUT2D eigenvalue weighted by atomic mass is 35.5. The number of nitrogens with zero attached hydrogens (tertiary/aromatic N) is 5. The van der Waals surface area contributed by atoms with Crippen molar-refractivity contribution in [2.24, 2.45) is 0 Å². The van der Waals surface area contributed by atoms with Crippen molar-refractivity contribution in [1.82, 2.24) is 15.0 Å². The Morgan fingerprint density at radius 3 is 2.62 bits per heavy atom. The van der Waals surface area contributed by atoms with E-state index < -0.39 is 11.8 Å². The highest BCUT2D eigenvalue weighted by Gasteiger charge is 2.28. The third kappa shape index (κ3) is 3.03. The molecule has 0 radical (unpaired) electrons. The van der Waals surface area contributed by atoms with Crippen LogP contribution in [0.1, 0.15) is 6.92 Å². The Morgan fingerprint density at radius 2 is 2.00 bits per heavy atom. The second-order valence-corrected chi connectivity index (χ2v) is 5.65. The van der Waals surface area contributed by atoms with E-state index in [1.165, 1.54) is 23.1 Å². The van der Waals surface area contributed by atoms with Crippen LogP contribution < -0.4 is 4.90 Å². The first-order valence-corrected chi connectivity index (χ1v) is 8.10. The molecule has 3 aromatic rings. The molecular weight excluding hydrogens is 357 g/mol. The number of anilines is 1. The lowest BCUT2D eigenvalue weighted by Gasteiger charge is -2.18. The van der Waals surface area contributed by atoms with E-state index in [4.69, 9.17) is 18.2 Å². The fourth-order valence-electron chi connectivity index (χ4n) is 2.54. The number of hydrogen-bond donors (Lipinski definition) is 0. The minimum absolute atomic E-state index is 0.0537. The predicted octanol–water partition coefficient (Wildman–Crippen LogP) is 4.78. The number of carbonyl (C=O) groups excluding carboxylic acids is 1. The number of halogens is 2. The van der Waals surface area contributed by atoms with Gasteiger partial charge in [-0.05, 0) is 31.2 Å². The van der Waals surface area contributed by atoms with Crippen LogP contribution in [0.3, 0.4) is 0 Å². The first-order valence-electron chi connectivity index (χ1n) is 7.73. The molecule has 0 aliphatic rings. The van der Waals surface area contributed by atoms with E-state index in [-0.39, 0.29) is 22.1 Å². The molecule has 0 saturated carbocycles. The van der Waals surface area contributed by atoms with Crippen LogP contribution in [0.25, 0.3) is 16.1 Å². The number of rotatable bonds is 3. The Morgan fingerprint density at radius 1 is 1.27 bits per heavy atom. The average molecular weight is 370 g/mol. The molecule has 2 aromatic carbocycles. The SMILES string of the molecule is [C-]#[N+]c1c(-c2c(F)cccc2Cl)nnn1C(=O)N(CC)c1ccccc1. The number of amides is 1. The van der Waals surface area contributed by atoms with Crippen molar-refractivity contribution in [2.75, 3.05) is 11.4 Å². The smallest absolute Gasteiger partial charge is 0.360 e. The first kappa shape index (κ1) is 17.6. The van der Waals surface area contributed by atoms with Crippen LogP contribution in [0.5, 0.6) is 0 Å². The van der Waals surface area contributed by atoms with E-state index in [2.05, 4.69) is 15.2 Å². The number of benzene rings is 2. The largest absolute Gasteiger partial charge is 0.427 e. The Kier molecular flexibility index (Phi) is 4.96. The minimum atomic E-state index is -0.641. The van der Waals surface area contributed by atoms with Gasteiger partial charge in [0.1, 0.15) is 11.5 Å². The van der Waals surface area contributed by atoms with E-state index >= 15 is 0 Å². The fourth-order valence-corrected chi connectivity index (χ4v) is 2.79. The van der Waals surface area contributed by atoms with E-state index in [9.17, 15) is 9.18 Å². The maximum Gasteiger partial charge on any atom is 0.427 e.